The van der Waals surface area contributed by atoms with Crippen molar-refractivity contribution in [3.8, 4) is 0 Å². The number of quaternary nitrogens is 1. The first kappa shape index (κ1) is 17.0. The van der Waals surface area contributed by atoms with Crippen molar-refractivity contribution in [2.75, 3.05) is 18.4 Å². The fourth-order valence-corrected chi connectivity index (χ4v) is 3.33. The minimum atomic E-state index is 0.0262. The molecular formula is C19H31N2O+. The summed E-state index contributed by atoms with van der Waals surface area (Å²) in [6.07, 6.45) is 6.47. The van der Waals surface area contributed by atoms with Gasteiger partial charge in [0.25, 0.3) is 5.91 Å². The van der Waals surface area contributed by atoms with Gasteiger partial charge in [-0.05, 0) is 50.2 Å². The first-order chi connectivity index (χ1) is 10.6. The number of hydrogen-bond donors (Lipinski definition) is 2. The predicted octanol–water partition coefficient (Wildman–Crippen LogP) is 2.99. The molecule has 0 unspecified atom stereocenters. The summed E-state index contributed by atoms with van der Waals surface area (Å²) < 4.78 is 0. The van der Waals surface area contributed by atoms with Gasteiger partial charge in [0.2, 0.25) is 0 Å². The Morgan fingerprint density at radius 3 is 2.23 bits per heavy atom. The zero-order chi connectivity index (χ0) is 15.9. The molecule has 1 saturated heterocycles. The van der Waals surface area contributed by atoms with E-state index < -0.39 is 0 Å². The molecule has 1 heterocycles. The Hall–Kier alpha value is -1.35. The molecule has 22 heavy (non-hydrogen) atoms. The zero-order valence-electron chi connectivity index (χ0n) is 14.3. The molecule has 2 rings (SSSR count). The van der Waals surface area contributed by atoms with Gasteiger partial charge < -0.3 is 10.2 Å². The van der Waals surface area contributed by atoms with E-state index in [4.69, 9.17) is 0 Å². The number of rotatable bonds is 4. The van der Waals surface area contributed by atoms with Crippen molar-refractivity contribution < 1.29 is 9.69 Å². The van der Waals surface area contributed by atoms with Crippen LogP contribution in [-0.4, -0.2) is 25.0 Å². The van der Waals surface area contributed by atoms with Gasteiger partial charge in [-0.3, -0.25) is 4.79 Å². The van der Waals surface area contributed by atoms with Crippen molar-refractivity contribution >= 4 is 11.6 Å². The van der Waals surface area contributed by atoms with E-state index in [1.54, 1.807) is 0 Å². The molecule has 1 fully saturated rings. The molecule has 1 aliphatic rings. The van der Waals surface area contributed by atoms with Gasteiger partial charge in [-0.1, -0.05) is 38.5 Å². The largest absolute Gasteiger partial charge is 0.325 e. The molecule has 3 nitrogen and oxygen atoms in total. The maximum atomic E-state index is 12.7. The van der Waals surface area contributed by atoms with E-state index in [9.17, 15) is 4.79 Å². The van der Waals surface area contributed by atoms with E-state index in [1.807, 2.05) is 18.2 Å². The molecule has 0 spiro atoms. The molecule has 1 aliphatic heterocycles. The van der Waals surface area contributed by atoms with E-state index in [1.165, 1.54) is 42.6 Å². The summed E-state index contributed by atoms with van der Waals surface area (Å²) >= 11 is 0. The van der Waals surface area contributed by atoms with Gasteiger partial charge in [0.1, 0.15) is 0 Å². The number of likely N-dealkylation sites (tertiary alicyclic amines) is 1. The fraction of sp³-hybridized carbons (Fsp3) is 0.632. The molecule has 0 aromatic heterocycles. The molecule has 0 radical (unpaired) electrons. The Kier molecular flexibility index (Phi) is 6.44. The molecule has 2 N–H and O–H groups in total. The topological polar surface area (TPSA) is 33.5 Å². The summed E-state index contributed by atoms with van der Waals surface area (Å²) in [4.78, 5) is 14.1. The lowest BCUT2D eigenvalue weighted by atomic mass is 10.0. The van der Waals surface area contributed by atoms with E-state index in [0.717, 1.165) is 18.8 Å². The second-order valence-electron chi connectivity index (χ2n) is 6.88. The summed E-state index contributed by atoms with van der Waals surface area (Å²) in [5.74, 6) is 0.574. The Morgan fingerprint density at radius 2 is 1.59 bits per heavy atom. The van der Waals surface area contributed by atoms with Crippen LogP contribution in [-0.2, 0) is 4.79 Å². The highest BCUT2D eigenvalue weighted by atomic mass is 16.2. The van der Waals surface area contributed by atoms with Crippen LogP contribution in [0.2, 0.25) is 0 Å². The van der Waals surface area contributed by atoms with Crippen LogP contribution < -0.4 is 10.2 Å². The fourth-order valence-electron chi connectivity index (χ4n) is 3.33. The predicted molar refractivity (Wildman–Crippen MR) is 92.4 cm³/mol. The van der Waals surface area contributed by atoms with Crippen molar-refractivity contribution in [1.82, 2.24) is 0 Å². The summed E-state index contributed by atoms with van der Waals surface area (Å²) in [6, 6.07) is 8.18. The maximum Gasteiger partial charge on any atom is 0.282 e. The van der Waals surface area contributed by atoms with E-state index >= 15 is 0 Å². The smallest absolute Gasteiger partial charge is 0.282 e. The second kappa shape index (κ2) is 8.33. The molecular weight excluding hydrogens is 272 g/mol. The average Bonchev–Trinajstić information content (AvgIpc) is 2.46. The van der Waals surface area contributed by atoms with Crippen LogP contribution in [0.1, 0.15) is 64.4 Å². The van der Waals surface area contributed by atoms with Gasteiger partial charge in [0.05, 0.1) is 13.1 Å². The van der Waals surface area contributed by atoms with Gasteiger partial charge in [0.15, 0.2) is 6.04 Å². The van der Waals surface area contributed by atoms with Crippen LogP contribution in [0.4, 0.5) is 5.69 Å². The van der Waals surface area contributed by atoms with Crippen LogP contribution in [0.5, 0.6) is 0 Å². The molecule has 1 aromatic carbocycles. The first-order valence-electron chi connectivity index (χ1n) is 8.84. The van der Waals surface area contributed by atoms with Crippen molar-refractivity contribution in [2.24, 2.45) is 0 Å². The molecule has 3 heteroatoms. The van der Waals surface area contributed by atoms with Gasteiger partial charge in [-0.2, -0.15) is 0 Å². The van der Waals surface area contributed by atoms with Crippen molar-refractivity contribution in [3.05, 3.63) is 29.8 Å². The van der Waals surface area contributed by atoms with Crippen LogP contribution in [0.15, 0.2) is 24.3 Å². The van der Waals surface area contributed by atoms with E-state index in [0.29, 0.717) is 5.92 Å². The normalized spacial score (nSPS) is 18.5. The molecule has 1 amide bonds. The van der Waals surface area contributed by atoms with Crippen LogP contribution in [0.3, 0.4) is 0 Å². The Balaban J connectivity index is 2.01. The molecule has 122 valence electrons. The third-order valence-electron chi connectivity index (χ3n) is 4.84. The highest BCUT2D eigenvalue weighted by Gasteiger charge is 2.25. The zero-order valence-corrected chi connectivity index (χ0v) is 14.3. The Labute approximate surface area is 135 Å². The van der Waals surface area contributed by atoms with Crippen molar-refractivity contribution in [2.45, 2.75) is 64.8 Å². The summed E-state index contributed by atoms with van der Waals surface area (Å²) in [5, 5.41) is 3.17. The monoisotopic (exact) mass is 303 g/mol. The lowest BCUT2D eigenvalue weighted by Crippen LogP contribution is -3.16. The number of para-hydroxylation sites is 1. The minimum absolute atomic E-state index is 0.0262. The van der Waals surface area contributed by atoms with Crippen molar-refractivity contribution in [1.29, 1.82) is 0 Å². The number of benzene rings is 1. The van der Waals surface area contributed by atoms with Crippen LogP contribution in [0, 0.1) is 0 Å². The Morgan fingerprint density at radius 1 is 1.00 bits per heavy atom. The highest BCUT2D eigenvalue weighted by Crippen LogP contribution is 2.23. The highest BCUT2D eigenvalue weighted by molar-refractivity contribution is 5.94. The SMILES string of the molecule is CC(C)c1ccccc1NC(=O)[C@H](C)[NH+]1CCCCCCC1. The molecule has 1 aromatic rings. The lowest BCUT2D eigenvalue weighted by molar-refractivity contribution is -0.914. The maximum absolute atomic E-state index is 12.7. The minimum Gasteiger partial charge on any atom is -0.325 e. The van der Waals surface area contributed by atoms with E-state index in [2.05, 4.69) is 32.2 Å². The number of carbonyl (C=O) groups excluding carboxylic acids is 1. The first-order valence-corrected chi connectivity index (χ1v) is 8.84. The van der Waals surface area contributed by atoms with Gasteiger partial charge in [-0.15, -0.1) is 0 Å². The summed E-state index contributed by atoms with van der Waals surface area (Å²) in [6.45, 7) is 8.65. The number of nitrogens with one attached hydrogen (secondary N) is 2. The molecule has 0 aliphatic carbocycles. The van der Waals surface area contributed by atoms with Gasteiger partial charge >= 0.3 is 0 Å². The van der Waals surface area contributed by atoms with Crippen molar-refractivity contribution in [3.63, 3.8) is 0 Å². The number of carbonyl (C=O) groups is 1. The quantitative estimate of drug-likeness (QED) is 0.881. The standard InChI is InChI=1S/C19H30N2O/c1-15(2)17-11-7-8-12-18(17)20-19(22)16(3)21-13-9-5-4-6-10-14-21/h7-8,11-12,15-16H,4-6,9-10,13-14H2,1-3H3,(H,20,22)/p+1/t16-/m0/s1. The lowest BCUT2D eigenvalue weighted by Gasteiger charge is -2.27. The third-order valence-corrected chi connectivity index (χ3v) is 4.84. The van der Waals surface area contributed by atoms with Crippen LogP contribution in [0.25, 0.3) is 0 Å². The summed E-state index contributed by atoms with van der Waals surface area (Å²) in [7, 11) is 0. The molecule has 0 saturated carbocycles. The van der Waals surface area contributed by atoms with Gasteiger partial charge in [-0.25, -0.2) is 0 Å². The number of anilines is 1. The number of amides is 1. The summed E-state index contributed by atoms with van der Waals surface area (Å²) in [5.41, 5.74) is 2.19. The molecule has 0 bridgehead atoms. The molecule has 1 atom stereocenters. The second-order valence-corrected chi connectivity index (χ2v) is 6.88. The number of hydrogen-bond acceptors (Lipinski definition) is 1. The third kappa shape index (κ3) is 4.57. The van der Waals surface area contributed by atoms with Crippen LogP contribution >= 0.6 is 0 Å². The van der Waals surface area contributed by atoms with E-state index in [-0.39, 0.29) is 11.9 Å². The average molecular weight is 303 g/mol. The van der Waals surface area contributed by atoms with Gasteiger partial charge in [0, 0.05) is 5.69 Å². The Bertz CT molecular complexity index is 476.